The highest BCUT2D eigenvalue weighted by Crippen LogP contribution is 2.31. The zero-order chi connectivity index (χ0) is 22.7. The molecule has 2 aromatic carbocycles. The fourth-order valence-electron chi connectivity index (χ4n) is 3.80. The van der Waals surface area contributed by atoms with Crippen molar-refractivity contribution >= 4 is 11.6 Å². The molecular formula is C23H23F3N4O2. The van der Waals surface area contributed by atoms with Crippen LogP contribution in [0.1, 0.15) is 28.9 Å². The van der Waals surface area contributed by atoms with E-state index in [1.165, 1.54) is 30.1 Å². The highest BCUT2D eigenvalue weighted by molar-refractivity contribution is 5.95. The summed E-state index contributed by atoms with van der Waals surface area (Å²) in [6.45, 7) is 1.62. The standard InChI is InChI=1S/C23H23F3N4O2/c1-32-20-15-30(19-9-5-6-16(14-19)23(24,25)26)28-21(20)22(31)27-17-10-12-29(13-11-17)18-7-3-2-4-8-18/h2-9,14-15,17H,10-13H2,1H3,(H,27,31). The van der Waals surface area contributed by atoms with E-state index in [4.69, 9.17) is 4.74 Å². The van der Waals surface area contributed by atoms with E-state index in [1.807, 2.05) is 18.2 Å². The van der Waals surface area contributed by atoms with Gasteiger partial charge in [-0.25, -0.2) is 4.68 Å². The Kier molecular flexibility index (Phi) is 6.07. The lowest BCUT2D eigenvalue weighted by atomic mass is 10.0. The maximum atomic E-state index is 13.0. The average molecular weight is 444 g/mol. The zero-order valence-electron chi connectivity index (χ0n) is 17.5. The number of hydrogen-bond donors (Lipinski definition) is 1. The Balaban J connectivity index is 1.45. The normalized spacial score (nSPS) is 14.9. The van der Waals surface area contributed by atoms with E-state index in [0.717, 1.165) is 43.8 Å². The summed E-state index contributed by atoms with van der Waals surface area (Å²) in [5, 5.41) is 7.19. The van der Waals surface area contributed by atoms with Crippen LogP contribution in [0.5, 0.6) is 5.75 Å². The molecule has 0 atom stereocenters. The van der Waals surface area contributed by atoms with Gasteiger partial charge in [-0.3, -0.25) is 4.79 Å². The maximum absolute atomic E-state index is 13.0. The molecule has 0 bridgehead atoms. The molecule has 0 saturated carbocycles. The van der Waals surface area contributed by atoms with Crippen molar-refractivity contribution in [3.8, 4) is 11.4 Å². The van der Waals surface area contributed by atoms with Crippen molar-refractivity contribution < 1.29 is 22.7 Å². The number of carbonyl (C=O) groups is 1. The SMILES string of the molecule is COc1cn(-c2cccc(C(F)(F)F)c2)nc1C(=O)NC1CCN(c2ccccc2)CC1. The van der Waals surface area contributed by atoms with Gasteiger partial charge in [0.1, 0.15) is 0 Å². The lowest BCUT2D eigenvalue weighted by Crippen LogP contribution is -2.44. The van der Waals surface area contributed by atoms with E-state index >= 15 is 0 Å². The third-order valence-corrected chi connectivity index (χ3v) is 5.51. The summed E-state index contributed by atoms with van der Waals surface area (Å²) in [6, 6.07) is 14.8. The van der Waals surface area contributed by atoms with Gasteiger partial charge in [0.2, 0.25) is 0 Å². The third kappa shape index (κ3) is 4.71. The molecule has 3 aromatic rings. The number of nitrogens with one attached hydrogen (secondary N) is 1. The minimum Gasteiger partial charge on any atom is -0.493 e. The number of para-hydroxylation sites is 1. The number of amides is 1. The second-order valence-corrected chi connectivity index (χ2v) is 7.61. The van der Waals surface area contributed by atoms with Crippen molar-refractivity contribution in [2.75, 3.05) is 25.1 Å². The molecule has 1 aliphatic heterocycles. The van der Waals surface area contributed by atoms with Crippen LogP contribution in [-0.2, 0) is 6.18 Å². The largest absolute Gasteiger partial charge is 0.493 e. The van der Waals surface area contributed by atoms with Crippen molar-refractivity contribution in [2.45, 2.75) is 25.1 Å². The number of halogens is 3. The number of ether oxygens (including phenoxy) is 1. The van der Waals surface area contributed by atoms with E-state index in [0.29, 0.717) is 0 Å². The highest BCUT2D eigenvalue weighted by atomic mass is 19.4. The number of aromatic nitrogens is 2. The molecule has 2 heterocycles. The van der Waals surface area contributed by atoms with Crippen LogP contribution in [0.3, 0.4) is 0 Å². The number of hydrogen-bond acceptors (Lipinski definition) is 4. The van der Waals surface area contributed by atoms with Gasteiger partial charge in [-0.1, -0.05) is 24.3 Å². The van der Waals surface area contributed by atoms with Gasteiger partial charge in [0.05, 0.1) is 24.6 Å². The average Bonchev–Trinajstić information content (AvgIpc) is 3.24. The minimum atomic E-state index is -4.47. The molecular weight excluding hydrogens is 421 g/mol. The fourth-order valence-corrected chi connectivity index (χ4v) is 3.80. The van der Waals surface area contributed by atoms with Crippen molar-refractivity contribution in [2.24, 2.45) is 0 Å². The topological polar surface area (TPSA) is 59.4 Å². The quantitative estimate of drug-likeness (QED) is 0.638. The molecule has 4 rings (SSSR count). The number of methoxy groups -OCH3 is 1. The van der Waals surface area contributed by atoms with Crippen LogP contribution >= 0.6 is 0 Å². The Bertz CT molecular complexity index is 1070. The first-order chi connectivity index (χ1) is 15.3. The van der Waals surface area contributed by atoms with Gasteiger partial charge in [0, 0.05) is 24.8 Å². The fraction of sp³-hybridized carbons (Fsp3) is 0.304. The Hall–Kier alpha value is -3.49. The summed E-state index contributed by atoms with van der Waals surface area (Å²) in [7, 11) is 1.39. The molecule has 1 N–H and O–H groups in total. The maximum Gasteiger partial charge on any atom is 0.416 e. The molecule has 1 aromatic heterocycles. The lowest BCUT2D eigenvalue weighted by molar-refractivity contribution is -0.137. The summed E-state index contributed by atoms with van der Waals surface area (Å²) < 4.78 is 45.6. The summed E-state index contributed by atoms with van der Waals surface area (Å²) in [6.07, 6.45) is -1.51. The van der Waals surface area contributed by atoms with E-state index < -0.39 is 17.6 Å². The second-order valence-electron chi connectivity index (χ2n) is 7.61. The van der Waals surface area contributed by atoms with Crippen LogP contribution in [0.4, 0.5) is 18.9 Å². The van der Waals surface area contributed by atoms with Crippen LogP contribution in [0, 0.1) is 0 Å². The van der Waals surface area contributed by atoms with Gasteiger partial charge in [-0.2, -0.15) is 18.3 Å². The molecule has 0 unspecified atom stereocenters. The number of rotatable bonds is 5. The molecule has 1 saturated heterocycles. The zero-order valence-corrected chi connectivity index (χ0v) is 17.5. The van der Waals surface area contributed by atoms with Gasteiger partial charge in [-0.05, 0) is 43.2 Å². The Morgan fingerprint density at radius 2 is 1.75 bits per heavy atom. The van der Waals surface area contributed by atoms with Crippen LogP contribution in [0.25, 0.3) is 5.69 Å². The lowest BCUT2D eigenvalue weighted by Gasteiger charge is -2.33. The molecule has 0 aliphatic carbocycles. The summed E-state index contributed by atoms with van der Waals surface area (Å²) in [5.74, 6) is -0.215. The van der Waals surface area contributed by atoms with Crippen LogP contribution in [0.2, 0.25) is 0 Å². The first-order valence-electron chi connectivity index (χ1n) is 10.3. The Morgan fingerprint density at radius 3 is 2.41 bits per heavy atom. The van der Waals surface area contributed by atoms with Crippen molar-refractivity contribution in [1.82, 2.24) is 15.1 Å². The number of nitrogens with zero attached hydrogens (tertiary/aromatic N) is 3. The van der Waals surface area contributed by atoms with Crippen LogP contribution < -0.4 is 15.0 Å². The van der Waals surface area contributed by atoms with E-state index in [-0.39, 0.29) is 23.2 Å². The van der Waals surface area contributed by atoms with Gasteiger partial charge in [0.15, 0.2) is 11.4 Å². The summed E-state index contributed by atoms with van der Waals surface area (Å²) in [5.41, 5.74) is 0.586. The van der Waals surface area contributed by atoms with Crippen LogP contribution in [-0.4, -0.2) is 41.9 Å². The molecule has 168 valence electrons. The number of anilines is 1. The Labute approximate surface area is 183 Å². The van der Waals surface area contributed by atoms with E-state index in [2.05, 4.69) is 27.4 Å². The Morgan fingerprint density at radius 1 is 1.06 bits per heavy atom. The monoisotopic (exact) mass is 444 g/mol. The number of benzene rings is 2. The van der Waals surface area contributed by atoms with Gasteiger partial charge >= 0.3 is 6.18 Å². The highest BCUT2D eigenvalue weighted by Gasteiger charge is 2.31. The number of alkyl halides is 3. The summed E-state index contributed by atoms with van der Waals surface area (Å²) in [4.78, 5) is 15.1. The van der Waals surface area contributed by atoms with Crippen molar-refractivity contribution in [3.05, 3.63) is 72.1 Å². The molecule has 1 amide bonds. The van der Waals surface area contributed by atoms with E-state index in [9.17, 15) is 18.0 Å². The molecule has 0 spiro atoms. The molecule has 6 nitrogen and oxygen atoms in total. The molecule has 32 heavy (non-hydrogen) atoms. The smallest absolute Gasteiger partial charge is 0.416 e. The number of carbonyl (C=O) groups excluding carboxylic acids is 1. The second kappa shape index (κ2) is 8.94. The van der Waals surface area contributed by atoms with Gasteiger partial charge in [-0.15, -0.1) is 0 Å². The van der Waals surface area contributed by atoms with Crippen LogP contribution in [0.15, 0.2) is 60.8 Å². The molecule has 9 heteroatoms. The molecule has 1 fully saturated rings. The molecule has 0 radical (unpaired) electrons. The minimum absolute atomic E-state index is 0.0223. The van der Waals surface area contributed by atoms with Gasteiger partial charge in [0.25, 0.3) is 5.91 Å². The molecule has 1 aliphatic rings. The third-order valence-electron chi connectivity index (χ3n) is 5.51. The predicted octanol–water partition coefficient (Wildman–Crippen LogP) is 4.30. The number of piperidine rings is 1. The van der Waals surface area contributed by atoms with Crippen molar-refractivity contribution in [1.29, 1.82) is 0 Å². The first kappa shape index (κ1) is 21.7. The first-order valence-corrected chi connectivity index (χ1v) is 10.3. The summed E-state index contributed by atoms with van der Waals surface area (Å²) >= 11 is 0. The predicted molar refractivity (Wildman–Crippen MR) is 114 cm³/mol. The van der Waals surface area contributed by atoms with Gasteiger partial charge < -0.3 is 15.0 Å². The van der Waals surface area contributed by atoms with Crippen molar-refractivity contribution in [3.63, 3.8) is 0 Å². The van der Waals surface area contributed by atoms with E-state index in [1.54, 1.807) is 0 Å².